The molecule has 0 radical (unpaired) electrons. The number of aromatic amines is 1. The van der Waals surface area contributed by atoms with E-state index in [1.165, 1.54) is 0 Å². The molecule has 3 rings (SSSR count). The summed E-state index contributed by atoms with van der Waals surface area (Å²) in [6, 6.07) is 6.16. The number of hydrogen-bond acceptors (Lipinski definition) is 6. The lowest BCUT2D eigenvalue weighted by Gasteiger charge is -2.15. The van der Waals surface area contributed by atoms with E-state index in [0.717, 1.165) is 17.2 Å². The number of benzene rings is 1. The fourth-order valence-corrected chi connectivity index (χ4v) is 3.19. The minimum Gasteiger partial charge on any atom is -0.480 e. The summed E-state index contributed by atoms with van der Waals surface area (Å²) < 4.78 is 1.92. The van der Waals surface area contributed by atoms with E-state index >= 15 is 0 Å². The molecule has 5 N–H and O–H groups in total. The van der Waals surface area contributed by atoms with Crippen LogP contribution in [0.15, 0.2) is 49.1 Å². The zero-order valence-corrected chi connectivity index (χ0v) is 18.0. The van der Waals surface area contributed by atoms with Crippen molar-refractivity contribution in [3.8, 4) is 0 Å². The van der Waals surface area contributed by atoms with E-state index in [2.05, 4.69) is 30.9 Å². The maximum Gasteiger partial charge on any atom is 0.326 e. The maximum absolute atomic E-state index is 12.5. The van der Waals surface area contributed by atoms with Gasteiger partial charge in [-0.05, 0) is 37.1 Å². The molecule has 1 atom stereocenters. The second kappa shape index (κ2) is 11.8. The van der Waals surface area contributed by atoms with Crippen LogP contribution in [0.5, 0.6) is 0 Å². The molecule has 1 aromatic carbocycles. The number of carbonyl (C=O) groups is 2. The number of carboxylic acids is 1. The summed E-state index contributed by atoms with van der Waals surface area (Å²) in [4.78, 5) is 35.5. The fourth-order valence-electron chi connectivity index (χ4n) is 3.19. The van der Waals surface area contributed by atoms with Crippen LogP contribution >= 0.6 is 0 Å². The number of aryl methyl sites for hydroxylation is 1. The Morgan fingerprint density at radius 1 is 1.09 bits per heavy atom. The first-order chi connectivity index (χ1) is 15.5. The number of carboxylic acid groups (broad SMARTS) is 1. The van der Waals surface area contributed by atoms with Gasteiger partial charge in [0.2, 0.25) is 0 Å². The smallest absolute Gasteiger partial charge is 0.326 e. The van der Waals surface area contributed by atoms with Gasteiger partial charge in [0.1, 0.15) is 17.7 Å². The van der Waals surface area contributed by atoms with Gasteiger partial charge >= 0.3 is 5.97 Å². The van der Waals surface area contributed by atoms with Gasteiger partial charge in [-0.3, -0.25) is 4.79 Å². The van der Waals surface area contributed by atoms with Crippen LogP contribution in [-0.2, 0) is 31.5 Å². The second-order valence-corrected chi connectivity index (χ2v) is 7.47. The fraction of sp³-hybridized carbons (Fsp3) is 0.364. The Kier molecular flexibility index (Phi) is 8.52. The summed E-state index contributed by atoms with van der Waals surface area (Å²) in [6.07, 6.45) is 8.03. The second-order valence-electron chi connectivity index (χ2n) is 7.47. The summed E-state index contributed by atoms with van der Waals surface area (Å²) in [5.74, 6) is 0.329. The molecule has 2 aromatic heterocycles. The molecule has 0 bridgehead atoms. The SMILES string of the molecule is Cn1ccnc1CNCCC[C@H](NC(=O)c1ccc(CNCc2ncc[nH]2)cc1)C(=O)O. The molecule has 0 aliphatic carbocycles. The van der Waals surface area contributed by atoms with Crippen LogP contribution in [0.1, 0.15) is 40.4 Å². The zero-order chi connectivity index (χ0) is 22.8. The standard InChI is InChI=1S/C22H29N7O3/c1-29-12-11-27-20(29)15-23-8-2-3-18(22(31)32)28-21(30)17-6-4-16(5-7-17)13-24-14-19-25-9-10-26-19/h4-7,9-12,18,23-24H,2-3,8,13-15H2,1H3,(H,25,26)(H,28,30)(H,31,32)/t18-/m0/s1. The van der Waals surface area contributed by atoms with Gasteiger partial charge in [-0.1, -0.05) is 12.1 Å². The molecule has 0 unspecified atom stereocenters. The van der Waals surface area contributed by atoms with Crippen molar-refractivity contribution in [3.05, 3.63) is 71.8 Å². The Bertz CT molecular complexity index is 983. The van der Waals surface area contributed by atoms with Gasteiger partial charge in [0.15, 0.2) is 0 Å². The first kappa shape index (κ1) is 23.2. The Balaban J connectivity index is 1.40. The van der Waals surface area contributed by atoms with Gasteiger partial charge < -0.3 is 30.6 Å². The number of nitrogens with zero attached hydrogens (tertiary/aromatic N) is 3. The molecule has 2 heterocycles. The molecule has 0 aliphatic heterocycles. The van der Waals surface area contributed by atoms with Gasteiger partial charge in [0.25, 0.3) is 5.91 Å². The van der Waals surface area contributed by atoms with Crippen LogP contribution in [0, 0.1) is 0 Å². The van der Waals surface area contributed by atoms with Crippen LogP contribution in [0.2, 0.25) is 0 Å². The molecule has 0 saturated heterocycles. The normalized spacial score (nSPS) is 11.9. The van der Waals surface area contributed by atoms with Crippen LogP contribution in [0.4, 0.5) is 0 Å². The van der Waals surface area contributed by atoms with Crippen molar-refractivity contribution >= 4 is 11.9 Å². The van der Waals surface area contributed by atoms with E-state index < -0.39 is 17.9 Å². The third-order valence-electron chi connectivity index (χ3n) is 5.05. The van der Waals surface area contributed by atoms with Gasteiger partial charge in [0, 0.05) is 43.9 Å². The molecule has 0 fully saturated rings. The molecular formula is C22H29N7O3. The molecule has 0 aliphatic rings. The highest BCUT2D eigenvalue weighted by atomic mass is 16.4. The highest BCUT2D eigenvalue weighted by molar-refractivity contribution is 5.96. The quantitative estimate of drug-likeness (QED) is 0.252. The number of carbonyl (C=O) groups excluding carboxylic acids is 1. The largest absolute Gasteiger partial charge is 0.480 e. The van der Waals surface area contributed by atoms with Crippen molar-refractivity contribution in [3.63, 3.8) is 0 Å². The molecule has 10 heteroatoms. The number of hydrogen-bond donors (Lipinski definition) is 5. The Morgan fingerprint density at radius 3 is 2.56 bits per heavy atom. The third-order valence-corrected chi connectivity index (χ3v) is 5.05. The Morgan fingerprint density at radius 2 is 1.91 bits per heavy atom. The Labute approximate surface area is 186 Å². The molecular weight excluding hydrogens is 410 g/mol. The molecule has 1 amide bonds. The summed E-state index contributed by atoms with van der Waals surface area (Å²) >= 11 is 0. The van der Waals surface area contributed by atoms with E-state index in [1.807, 2.05) is 29.9 Å². The van der Waals surface area contributed by atoms with E-state index in [4.69, 9.17) is 0 Å². The van der Waals surface area contributed by atoms with E-state index in [1.54, 1.807) is 30.7 Å². The monoisotopic (exact) mass is 439 g/mol. The predicted octanol–water partition coefficient (Wildman–Crippen LogP) is 1.19. The lowest BCUT2D eigenvalue weighted by Crippen LogP contribution is -2.41. The molecule has 3 aromatic rings. The minimum atomic E-state index is -1.04. The summed E-state index contributed by atoms with van der Waals surface area (Å²) in [7, 11) is 1.92. The number of rotatable bonds is 13. The molecule has 0 spiro atoms. The average molecular weight is 440 g/mol. The van der Waals surface area contributed by atoms with Crippen molar-refractivity contribution < 1.29 is 14.7 Å². The van der Waals surface area contributed by atoms with Crippen LogP contribution in [0.3, 0.4) is 0 Å². The van der Waals surface area contributed by atoms with Crippen LogP contribution in [0.25, 0.3) is 0 Å². The zero-order valence-electron chi connectivity index (χ0n) is 18.0. The minimum absolute atomic E-state index is 0.337. The van der Waals surface area contributed by atoms with Crippen molar-refractivity contribution in [1.82, 2.24) is 35.5 Å². The number of aromatic nitrogens is 4. The van der Waals surface area contributed by atoms with Crippen LogP contribution < -0.4 is 16.0 Å². The topological polar surface area (TPSA) is 137 Å². The van der Waals surface area contributed by atoms with Crippen molar-refractivity contribution in [1.29, 1.82) is 0 Å². The number of H-pyrrole nitrogens is 1. The summed E-state index contributed by atoms with van der Waals surface area (Å²) in [6.45, 7) is 2.49. The van der Waals surface area contributed by atoms with Gasteiger partial charge in [0.05, 0.1) is 13.1 Å². The summed E-state index contributed by atoms with van der Waals surface area (Å²) in [5.41, 5.74) is 1.45. The highest BCUT2D eigenvalue weighted by Crippen LogP contribution is 2.07. The van der Waals surface area contributed by atoms with Crippen molar-refractivity contribution in [2.45, 2.75) is 38.5 Å². The number of imidazole rings is 2. The lowest BCUT2D eigenvalue weighted by molar-refractivity contribution is -0.139. The first-order valence-corrected chi connectivity index (χ1v) is 10.5. The number of nitrogens with one attached hydrogen (secondary N) is 4. The maximum atomic E-state index is 12.5. The third kappa shape index (κ3) is 7.03. The lowest BCUT2D eigenvalue weighted by atomic mass is 10.1. The van der Waals surface area contributed by atoms with Gasteiger partial charge in [-0.15, -0.1) is 0 Å². The predicted molar refractivity (Wildman–Crippen MR) is 119 cm³/mol. The molecule has 0 saturated carbocycles. The van der Waals surface area contributed by atoms with Crippen molar-refractivity contribution in [2.75, 3.05) is 6.54 Å². The van der Waals surface area contributed by atoms with E-state index in [-0.39, 0.29) is 0 Å². The molecule has 32 heavy (non-hydrogen) atoms. The highest BCUT2D eigenvalue weighted by Gasteiger charge is 2.20. The number of amides is 1. The molecule has 170 valence electrons. The van der Waals surface area contributed by atoms with Crippen LogP contribution in [-0.4, -0.2) is 49.1 Å². The van der Waals surface area contributed by atoms with Gasteiger partial charge in [-0.25, -0.2) is 14.8 Å². The average Bonchev–Trinajstić information content (AvgIpc) is 3.45. The first-order valence-electron chi connectivity index (χ1n) is 10.5. The molecule has 10 nitrogen and oxygen atoms in total. The van der Waals surface area contributed by atoms with Crippen molar-refractivity contribution in [2.24, 2.45) is 7.05 Å². The number of aliphatic carboxylic acids is 1. The summed E-state index contributed by atoms with van der Waals surface area (Å²) in [5, 5.41) is 18.6. The van der Waals surface area contributed by atoms with Gasteiger partial charge in [-0.2, -0.15) is 0 Å². The van der Waals surface area contributed by atoms with E-state index in [0.29, 0.717) is 44.6 Å². The van der Waals surface area contributed by atoms with E-state index in [9.17, 15) is 14.7 Å². The Hall–Kier alpha value is -3.50.